The van der Waals surface area contributed by atoms with Gasteiger partial charge in [0.15, 0.2) is 5.17 Å². The molecule has 7 heteroatoms. The number of aryl methyl sites for hydroxylation is 1. The lowest BCUT2D eigenvalue weighted by atomic mass is 10.0. The minimum absolute atomic E-state index is 0.0264. The molecule has 0 aromatic heterocycles. The van der Waals surface area contributed by atoms with E-state index in [1.165, 1.54) is 23.9 Å². The first-order chi connectivity index (χ1) is 12.6. The zero-order valence-electron chi connectivity index (χ0n) is 14.3. The molecular weight excluding hydrogens is 351 g/mol. The van der Waals surface area contributed by atoms with Crippen molar-refractivity contribution in [3.8, 4) is 0 Å². The van der Waals surface area contributed by atoms with E-state index in [0.29, 0.717) is 17.5 Å². The highest BCUT2D eigenvalue weighted by atomic mass is 32.2. The molecule has 5 nitrogen and oxygen atoms in total. The second kappa shape index (κ2) is 7.19. The minimum Gasteiger partial charge on any atom is -0.274 e. The Bertz CT molecular complexity index is 872. The van der Waals surface area contributed by atoms with Gasteiger partial charge in [0.25, 0.3) is 0 Å². The molecule has 2 N–H and O–H groups in total. The van der Waals surface area contributed by atoms with Crippen molar-refractivity contribution in [1.82, 2.24) is 10.9 Å². The highest BCUT2D eigenvalue weighted by molar-refractivity contribution is 8.13. The number of nitrogens with zero attached hydrogens (tertiary/aromatic N) is 2. The van der Waals surface area contributed by atoms with Gasteiger partial charge in [-0.3, -0.25) is 15.1 Å². The second-order valence-electron chi connectivity index (χ2n) is 6.37. The number of amidine groups is 1. The van der Waals surface area contributed by atoms with E-state index in [0.717, 1.165) is 16.8 Å². The van der Waals surface area contributed by atoms with Crippen molar-refractivity contribution in [2.45, 2.75) is 18.8 Å². The number of para-hydroxylation sites is 1. The predicted molar refractivity (Wildman–Crippen MR) is 102 cm³/mol. The van der Waals surface area contributed by atoms with Gasteiger partial charge in [0.1, 0.15) is 12.0 Å². The SMILES string of the molecule is Cc1ccccc1N1C(=O)C2CNNC2N=C1SCc1cccc(F)c1. The molecule has 0 radical (unpaired) electrons. The molecule has 0 aliphatic carbocycles. The van der Waals surface area contributed by atoms with E-state index in [4.69, 9.17) is 4.99 Å². The molecule has 0 saturated carbocycles. The number of nitrogens with one attached hydrogen (secondary N) is 2. The molecule has 4 rings (SSSR count). The van der Waals surface area contributed by atoms with Gasteiger partial charge in [0.2, 0.25) is 5.91 Å². The van der Waals surface area contributed by atoms with E-state index < -0.39 is 0 Å². The first-order valence-corrected chi connectivity index (χ1v) is 9.45. The molecule has 0 spiro atoms. The maximum absolute atomic E-state index is 13.4. The van der Waals surface area contributed by atoms with Crippen LogP contribution in [0.3, 0.4) is 0 Å². The lowest BCUT2D eigenvalue weighted by Gasteiger charge is -2.33. The summed E-state index contributed by atoms with van der Waals surface area (Å²) in [6, 6.07) is 14.3. The molecule has 1 fully saturated rings. The third-order valence-electron chi connectivity index (χ3n) is 4.54. The van der Waals surface area contributed by atoms with Crippen molar-refractivity contribution >= 4 is 28.5 Å². The summed E-state index contributed by atoms with van der Waals surface area (Å²) < 4.78 is 13.4. The third kappa shape index (κ3) is 3.25. The molecule has 1 saturated heterocycles. The van der Waals surface area contributed by atoms with Crippen molar-refractivity contribution in [3.63, 3.8) is 0 Å². The van der Waals surface area contributed by atoms with Gasteiger partial charge in [-0.1, -0.05) is 42.1 Å². The predicted octanol–water partition coefficient (Wildman–Crippen LogP) is 2.82. The van der Waals surface area contributed by atoms with Gasteiger partial charge in [-0.15, -0.1) is 0 Å². The average Bonchev–Trinajstić information content (AvgIpc) is 3.10. The van der Waals surface area contributed by atoms with Gasteiger partial charge in [-0.25, -0.2) is 14.8 Å². The largest absolute Gasteiger partial charge is 0.274 e. The van der Waals surface area contributed by atoms with Crippen molar-refractivity contribution in [2.24, 2.45) is 10.9 Å². The number of anilines is 1. The van der Waals surface area contributed by atoms with Crippen molar-refractivity contribution in [3.05, 3.63) is 65.5 Å². The lowest BCUT2D eigenvalue weighted by Crippen LogP contribution is -2.49. The fourth-order valence-electron chi connectivity index (χ4n) is 3.18. The van der Waals surface area contributed by atoms with Gasteiger partial charge in [0.05, 0.1) is 11.6 Å². The number of rotatable bonds is 3. The van der Waals surface area contributed by atoms with Gasteiger partial charge >= 0.3 is 0 Å². The van der Waals surface area contributed by atoms with Crippen LogP contribution in [0.5, 0.6) is 0 Å². The third-order valence-corrected chi connectivity index (χ3v) is 5.57. The maximum atomic E-state index is 13.4. The van der Waals surface area contributed by atoms with Crippen LogP contribution in [0.1, 0.15) is 11.1 Å². The number of amides is 1. The molecule has 1 amide bonds. The topological polar surface area (TPSA) is 56.7 Å². The van der Waals surface area contributed by atoms with Gasteiger partial charge < -0.3 is 0 Å². The van der Waals surface area contributed by atoms with E-state index in [9.17, 15) is 9.18 Å². The van der Waals surface area contributed by atoms with E-state index in [2.05, 4.69) is 10.9 Å². The van der Waals surface area contributed by atoms with Crippen molar-refractivity contribution in [1.29, 1.82) is 0 Å². The minimum atomic E-state index is -0.266. The summed E-state index contributed by atoms with van der Waals surface area (Å²) in [6.45, 7) is 2.53. The lowest BCUT2D eigenvalue weighted by molar-refractivity contribution is -0.121. The van der Waals surface area contributed by atoms with Gasteiger partial charge in [-0.05, 0) is 36.2 Å². The Balaban J connectivity index is 1.66. The molecule has 0 bridgehead atoms. The molecule has 2 aromatic rings. The number of fused-ring (bicyclic) bond motifs is 1. The zero-order chi connectivity index (χ0) is 18.1. The Morgan fingerprint density at radius 1 is 1.27 bits per heavy atom. The maximum Gasteiger partial charge on any atom is 0.241 e. The smallest absolute Gasteiger partial charge is 0.241 e. The van der Waals surface area contributed by atoms with Crippen molar-refractivity contribution < 1.29 is 9.18 Å². The highest BCUT2D eigenvalue weighted by Crippen LogP contribution is 2.32. The van der Waals surface area contributed by atoms with Crippen molar-refractivity contribution in [2.75, 3.05) is 11.4 Å². The fourth-order valence-corrected chi connectivity index (χ4v) is 4.16. The van der Waals surface area contributed by atoms with E-state index in [1.54, 1.807) is 11.0 Å². The van der Waals surface area contributed by atoms with E-state index >= 15 is 0 Å². The first kappa shape index (κ1) is 17.2. The number of thioether (sulfide) groups is 1. The number of hydrogen-bond acceptors (Lipinski definition) is 5. The summed E-state index contributed by atoms with van der Waals surface area (Å²) >= 11 is 1.44. The number of aliphatic imine (C=N–C) groups is 1. The highest BCUT2D eigenvalue weighted by Gasteiger charge is 2.42. The molecule has 134 valence electrons. The molecule has 2 unspecified atom stereocenters. The number of benzene rings is 2. The van der Waals surface area contributed by atoms with Crippen LogP contribution in [0.2, 0.25) is 0 Å². The molecule has 2 aliphatic rings. The Labute approximate surface area is 155 Å². The fraction of sp³-hybridized carbons (Fsp3) is 0.263. The first-order valence-electron chi connectivity index (χ1n) is 8.46. The van der Waals surface area contributed by atoms with Crippen LogP contribution in [-0.4, -0.2) is 23.8 Å². The normalized spacial score (nSPS) is 22.3. The Hall–Kier alpha value is -2.22. The molecule has 2 aromatic carbocycles. The summed E-state index contributed by atoms with van der Waals surface area (Å²) in [4.78, 5) is 19.6. The molecule has 2 atom stereocenters. The Kier molecular flexibility index (Phi) is 4.76. The number of carbonyl (C=O) groups is 1. The van der Waals surface area contributed by atoms with Crippen LogP contribution in [-0.2, 0) is 10.5 Å². The quantitative estimate of drug-likeness (QED) is 0.872. The summed E-state index contributed by atoms with van der Waals surface area (Å²) in [5.41, 5.74) is 8.78. The monoisotopic (exact) mass is 370 g/mol. The number of hydrazine groups is 1. The summed E-state index contributed by atoms with van der Waals surface area (Å²) in [7, 11) is 0. The zero-order valence-corrected chi connectivity index (χ0v) is 15.1. The van der Waals surface area contributed by atoms with Crippen LogP contribution in [0, 0.1) is 18.7 Å². The van der Waals surface area contributed by atoms with Gasteiger partial charge in [-0.2, -0.15) is 0 Å². The van der Waals surface area contributed by atoms with E-state index in [1.807, 2.05) is 37.3 Å². The van der Waals surface area contributed by atoms with Crippen LogP contribution in [0.4, 0.5) is 10.1 Å². The van der Waals surface area contributed by atoms with Crippen LogP contribution in [0.15, 0.2) is 53.5 Å². The molecule has 2 heterocycles. The molecular formula is C19H19FN4OS. The van der Waals surface area contributed by atoms with Gasteiger partial charge in [0, 0.05) is 12.3 Å². The second-order valence-corrected chi connectivity index (χ2v) is 7.31. The molecule has 26 heavy (non-hydrogen) atoms. The number of halogens is 1. The standard InChI is InChI=1S/C19H19FN4OS/c1-12-5-2-3-8-16(12)24-18(25)15-10-21-23-17(15)22-19(24)26-11-13-6-4-7-14(20)9-13/h2-9,15,17,21,23H,10-11H2,1H3. The Morgan fingerprint density at radius 3 is 2.92 bits per heavy atom. The summed E-state index contributed by atoms with van der Waals surface area (Å²) in [6.07, 6.45) is -0.266. The van der Waals surface area contributed by atoms with Crippen LogP contribution in [0.25, 0.3) is 0 Å². The summed E-state index contributed by atoms with van der Waals surface area (Å²) in [5, 5.41) is 0.631. The number of carbonyl (C=O) groups excluding carboxylic acids is 1. The average molecular weight is 370 g/mol. The Morgan fingerprint density at radius 2 is 2.12 bits per heavy atom. The number of hydrogen-bond donors (Lipinski definition) is 2. The van der Waals surface area contributed by atoms with Crippen LogP contribution < -0.4 is 15.8 Å². The molecule has 2 aliphatic heterocycles. The van der Waals surface area contributed by atoms with E-state index in [-0.39, 0.29) is 23.8 Å². The van der Waals surface area contributed by atoms with Crippen LogP contribution >= 0.6 is 11.8 Å². The summed E-state index contributed by atoms with van der Waals surface area (Å²) in [5.74, 6) is 0.0748.